The third kappa shape index (κ3) is 3.03. The van der Waals surface area contributed by atoms with E-state index >= 15 is 0 Å². The fourth-order valence-electron chi connectivity index (χ4n) is 1.64. The number of nitrogens with one attached hydrogen (secondary N) is 1. The number of thiophene rings is 1. The first-order valence-electron chi connectivity index (χ1n) is 5.31. The van der Waals surface area contributed by atoms with Gasteiger partial charge in [-0.25, -0.2) is 0 Å². The normalized spacial score (nSPS) is 12.4. The second-order valence-corrected chi connectivity index (χ2v) is 4.69. The van der Waals surface area contributed by atoms with Crippen molar-refractivity contribution in [3.05, 3.63) is 46.4 Å². The van der Waals surface area contributed by atoms with Crippen LogP contribution in [0.5, 0.6) is 5.75 Å². The number of hydrogen-bond acceptors (Lipinski definition) is 5. The predicted octanol–water partition coefficient (Wildman–Crippen LogP) is 1.90. The molecular weight excluding hydrogens is 234 g/mol. The number of methoxy groups -OCH3 is 1. The Bertz CT molecular complexity index is 459. The van der Waals surface area contributed by atoms with Gasteiger partial charge in [0.1, 0.15) is 5.75 Å². The van der Waals surface area contributed by atoms with E-state index in [1.165, 1.54) is 4.88 Å². The maximum atomic E-state index is 5.60. The fraction of sp³-hybridized carbons (Fsp3) is 0.250. The van der Waals surface area contributed by atoms with Crippen LogP contribution in [0.4, 0.5) is 0 Å². The van der Waals surface area contributed by atoms with E-state index in [-0.39, 0.29) is 6.04 Å². The largest absolute Gasteiger partial charge is 0.495 e. The molecule has 0 aliphatic carbocycles. The highest BCUT2D eigenvalue weighted by Gasteiger charge is 2.12. The summed E-state index contributed by atoms with van der Waals surface area (Å²) in [7, 11) is 1.63. The van der Waals surface area contributed by atoms with E-state index in [1.807, 2.05) is 12.1 Å². The fourth-order valence-corrected chi connectivity index (χ4v) is 2.39. The Hall–Kier alpha value is -1.43. The SMILES string of the molecule is COc1cncc(C(Cc2cccs2)NN)c1. The molecule has 2 rings (SSSR count). The van der Waals surface area contributed by atoms with Crippen molar-refractivity contribution >= 4 is 11.3 Å². The molecule has 0 aliphatic heterocycles. The molecule has 0 fully saturated rings. The average molecular weight is 249 g/mol. The van der Waals surface area contributed by atoms with Gasteiger partial charge in [0.15, 0.2) is 0 Å². The molecule has 5 heteroatoms. The molecule has 0 aliphatic rings. The molecule has 1 unspecified atom stereocenters. The summed E-state index contributed by atoms with van der Waals surface area (Å²) in [6.45, 7) is 0. The van der Waals surface area contributed by atoms with Crippen LogP contribution in [0.1, 0.15) is 16.5 Å². The third-order valence-electron chi connectivity index (χ3n) is 2.56. The molecular formula is C12H15N3OS. The summed E-state index contributed by atoms with van der Waals surface area (Å²) >= 11 is 1.72. The quantitative estimate of drug-likeness (QED) is 0.627. The standard InChI is InChI=1S/C12H15N3OS/c1-16-10-5-9(7-14-8-10)12(15-13)6-11-3-2-4-17-11/h2-5,7-8,12,15H,6,13H2,1H3. The van der Waals surface area contributed by atoms with Crippen LogP contribution >= 0.6 is 11.3 Å². The first-order chi connectivity index (χ1) is 8.33. The Morgan fingerprint density at radius 1 is 1.53 bits per heavy atom. The number of nitrogens with two attached hydrogens (primary N) is 1. The maximum Gasteiger partial charge on any atom is 0.137 e. The van der Waals surface area contributed by atoms with Gasteiger partial charge in [0.2, 0.25) is 0 Å². The van der Waals surface area contributed by atoms with E-state index in [0.717, 1.165) is 17.7 Å². The molecule has 17 heavy (non-hydrogen) atoms. The van der Waals surface area contributed by atoms with Gasteiger partial charge >= 0.3 is 0 Å². The Balaban J connectivity index is 2.16. The monoisotopic (exact) mass is 249 g/mol. The summed E-state index contributed by atoms with van der Waals surface area (Å²) in [5.74, 6) is 6.34. The third-order valence-corrected chi connectivity index (χ3v) is 3.46. The van der Waals surface area contributed by atoms with Crippen molar-refractivity contribution in [2.45, 2.75) is 12.5 Å². The molecule has 0 spiro atoms. The van der Waals surface area contributed by atoms with Gasteiger partial charge in [-0.3, -0.25) is 16.3 Å². The molecule has 0 aromatic carbocycles. The lowest BCUT2D eigenvalue weighted by molar-refractivity contribution is 0.410. The molecule has 0 saturated heterocycles. The van der Waals surface area contributed by atoms with Crippen molar-refractivity contribution < 1.29 is 4.74 Å². The van der Waals surface area contributed by atoms with Gasteiger partial charge in [0, 0.05) is 17.5 Å². The number of hydrogen-bond donors (Lipinski definition) is 2. The second-order valence-electron chi connectivity index (χ2n) is 3.66. The molecule has 4 nitrogen and oxygen atoms in total. The van der Waals surface area contributed by atoms with Crippen LogP contribution in [0.25, 0.3) is 0 Å². The summed E-state index contributed by atoms with van der Waals surface area (Å²) in [5.41, 5.74) is 3.85. The van der Waals surface area contributed by atoms with Gasteiger partial charge < -0.3 is 4.74 Å². The van der Waals surface area contributed by atoms with Crippen LogP contribution in [0.15, 0.2) is 36.0 Å². The second kappa shape index (κ2) is 5.77. The molecule has 2 aromatic heterocycles. The van der Waals surface area contributed by atoms with Crippen LogP contribution in [-0.4, -0.2) is 12.1 Å². The van der Waals surface area contributed by atoms with Gasteiger partial charge in [0.05, 0.1) is 19.3 Å². The lowest BCUT2D eigenvalue weighted by atomic mass is 10.1. The van der Waals surface area contributed by atoms with Crippen LogP contribution in [-0.2, 0) is 6.42 Å². The van der Waals surface area contributed by atoms with Crippen molar-refractivity contribution in [1.29, 1.82) is 0 Å². The average Bonchev–Trinajstić information content (AvgIpc) is 2.89. The molecule has 90 valence electrons. The minimum atomic E-state index is 0.0521. The van der Waals surface area contributed by atoms with Gasteiger partial charge in [-0.1, -0.05) is 6.07 Å². The van der Waals surface area contributed by atoms with E-state index < -0.39 is 0 Å². The zero-order valence-electron chi connectivity index (χ0n) is 9.59. The van der Waals surface area contributed by atoms with Gasteiger partial charge in [-0.05, 0) is 23.1 Å². The highest BCUT2D eigenvalue weighted by Crippen LogP contribution is 2.22. The van der Waals surface area contributed by atoms with Crippen LogP contribution < -0.4 is 16.0 Å². The minimum absolute atomic E-state index is 0.0521. The highest BCUT2D eigenvalue weighted by atomic mass is 32.1. The Morgan fingerprint density at radius 3 is 3.06 bits per heavy atom. The zero-order chi connectivity index (χ0) is 12.1. The summed E-state index contributed by atoms with van der Waals surface area (Å²) in [4.78, 5) is 5.42. The highest BCUT2D eigenvalue weighted by molar-refractivity contribution is 7.09. The first kappa shape index (κ1) is 12.0. The molecule has 2 heterocycles. The van der Waals surface area contributed by atoms with E-state index in [9.17, 15) is 0 Å². The number of hydrazine groups is 1. The van der Waals surface area contributed by atoms with Crippen molar-refractivity contribution in [2.75, 3.05) is 7.11 Å². The molecule has 0 bridgehead atoms. The minimum Gasteiger partial charge on any atom is -0.495 e. The van der Waals surface area contributed by atoms with Crippen LogP contribution in [0.3, 0.4) is 0 Å². The maximum absolute atomic E-state index is 5.60. The Morgan fingerprint density at radius 2 is 2.41 bits per heavy atom. The predicted molar refractivity (Wildman–Crippen MR) is 68.9 cm³/mol. The summed E-state index contributed by atoms with van der Waals surface area (Å²) in [6, 6.07) is 6.14. The van der Waals surface area contributed by atoms with E-state index in [0.29, 0.717) is 0 Å². The number of rotatable bonds is 5. The molecule has 2 aromatic rings. The van der Waals surface area contributed by atoms with Crippen molar-refractivity contribution in [2.24, 2.45) is 5.84 Å². The van der Waals surface area contributed by atoms with Gasteiger partial charge in [-0.2, -0.15) is 0 Å². The van der Waals surface area contributed by atoms with E-state index in [4.69, 9.17) is 10.6 Å². The van der Waals surface area contributed by atoms with Gasteiger partial charge in [-0.15, -0.1) is 11.3 Å². The molecule has 0 amide bonds. The lowest BCUT2D eigenvalue weighted by Crippen LogP contribution is -2.29. The topological polar surface area (TPSA) is 60.2 Å². The van der Waals surface area contributed by atoms with Gasteiger partial charge in [0.25, 0.3) is 0 Å². The summed E-state index contributed by atoms with van der Waals surface area (Å²) in [6.07, 6.45) is 4.34. The smallest absolute Gasteiger partial charge is 0.137 e. The Labute approximate surface area is 104 Å². The van der Waals surface area contributed by atoms with Crippen LogP contribution in [0, 0.1) is 0 Å². The van der Waals surface area contributed by atoms with Crippen LogP contribution in [0.2, 0.25) is 0 Å². The zero-order valence-corrected chi connectivity index (χ0v) is 10.4. The van der Waals surface area contributed by atoms with Crippen molar-refractivity contribution in [3.63, 3.8) is 0 Å². The van der Waals surface area contributed by atoms with Crippen molar-refractivity contribution in [1.82, 2.24) is 10.4 Å². The molecule has 3 N–H and O–H groups in total. The number of nitrogens with zero attached hydrogens (tertiary/aromatic N) is 1. The van der Waals surface area contributed by atoms with E-state index in [1.54, 1.807) is 30.8 Å². The number of ether oxygens (including phenoxy) is 1. The Kier molecular flexibility index (Phi) is 4.08. The first-order valence-corrected chi connectivity index (χ1v) is 6.19. The molecule has 1 atom stereocenters. The summed E-state index contributed by atoms with van der Waals surface area (Å²) < 4.78 is 5.16. The molecule has 0 radical (unpaired) electrons. The van der Waals surface area contributed by atoms with E-state index in [2.05, 4.69) is 21.9 Å². The number of aromatic nitrogens is 1. The lowest BCUT2D eigenvalue weighted by Gasteiger charge is -2.15. The number of pyridine rings is 1. The summed E-state index contributed by atoms with van der Waals surface area (Å²) in [5, 5.41) is 2.06. The van der Waals surface area contributed by atoms with Crippen molar-refractivity contribution in [3.8, 4) is 5.75 Å². The molecule has 0 saturated carbocycles.